The molecule has 2 aromatic heterocycles. The van der Waals surface area contributed by atoms with E-state index in [4.69, 9.17) is 4.74 Å². The molecule has 140 valence electrons. The lowest BCUT2D eigenvalue weighted by atomic mass is 10.0. The second kappa shape index (κ2) is 8.74. The first kappa shape index (κ1) is 18.3. The van der Waals surface area contributed by atoms with E-state index >= 15 is 0 Å². The van der Waals surface area contributed by atoms with Crippen LogP contribution >= 0.6 is 0 Å². The fourth-order valence-corrected chi connectivity index (χ4v) is 3.50. The highest BCUT2D eigenvalue weighted by Crippen LogP contribution is 2.30. The first-order chi connectivity index (χ1) is 12.7. The molecule has 26 heavy (non-hydrogen) atoms. The molecule has 0 atom stereocenters. The van der Waals surface area contributed by atoms with Gasteiger partial charge in [0.25, 0.3) is 0 Å². The van der Waals surface area contributed by atoms with E-state index in [1.54, 1.807) is 17.0 Å². The molecule has 1 aliphatic rings. The molecule has 1 saturated heterocycles. The zero-order chi connectivity index (χ0) is 18.4. The molecule has 0 spiro atoms. The van der Waals surface area contributed by atoms with Gasteiger partial charge in [-0.25, -0.2) is 9.78 Å². The molecule has 1 fully saturated rings. The number of ether oxygens (including phenoxy) is 1. The topological polar surface area (TPSA) is 50.6 Å². The Morgan fingerprint density at radius 2 is 1.96 bits per heavy atom. The summed E-state index contributed by atoms with van der Waals surface area (Å²) < 4.78 is 7.54. The molecule has 6 nitrogen and oxygen atoms in total. The summed E-state index contributed by atoms with van der Waals surface area (Å²) in [6, 6.07) is 8.09. The number of aromatic nitrogens is 2. The van der Waals surface area contributed by atoms with Crippen LogP contribution in [0.15, 0.2) is 42.9 Å². The quantitative estimate of drug-likeness (QED) is 0.793. The summed E-state index contributed by atoms with van der Waals surface area (Å²) >= 11 is 0. The van der Waals surface area contributed by atoms with Crippen molar-refractivity contribution in [3.63, 3.8) is 0 Å². The largest absolute Gasteiger partial charge is 0.490 e. The van der Waals surface area contributed by atoms with E-state index in [9.17, 15) is 4.79 Å². The molecule has 0 saturated carbocycles. The number of likely N-dealkylation sites (tertiary alicyclic amines) is 1. The van der Waals surface area contributed by atoms with E-state index in [0.29, 0.717) is 12.6 Å². The van der Waals surface area contributed by atoms with Crippen molar-refractivity contribution in [3.8, 4) is 5.75 Å². The lowest BCUT2D eigenvalue weighted by Crippen LogP contribution is -2.48. The van der Waals surface area contributed by atoms with Crippen LogP contribution < -0.4 is 9.64 Å². The Morgan fingerprint density at radius 1 is 1.23 bits per heavy atom. The van der Waals surface area contributed by atoms with Crippen molar-refractivity contribution in [2.45, 2.75) is 39.2 Å². The van der Waals surface area contributed by atoms with E-state index < -0.39 is 0 Å². The van der Waals surface area contributed by atoms with E-state index in [2.05, 4.69) is 23.7 Å². The molecule has 0 unspecified atom stereocenters. The number of anilines is 1. The molecule has 0 aliphatic carbocycles. The highest BCUT2D eigenvalue weighted by atomic mass is 16.5. The van der Waals surface area contributed by atoms with Crippen molar-refractivity contribution in [3.05, 3.63) is 42.9 Å². The van der Waals surface area contributed by atoms with Gasteiger partial charge < -0.3 is 14.5 Å². The summed E-state index contributed by atoms with van der Waals surface area (Å²) in [6.07, 6.45) is 8.27. The van der Waals surface area contributed by atoms with E-state index in [0.717, 1.165) is 50.5 Å². The predicted molar refractivity (Wildman–Crippen MR) is 103 cm³/mol. The average molecular weight is 356 g/mol. The van der Waals surface area contributed by atoms with Crippen molar-refractivity contribution >= 4 is 11.8 Å². The zero-order valence-electron chi connectivity index (χ0n) is 15.7. The highest BCUT2D eigenvalue weighted by Gasteiger charge is 2.28. The molecule has 3 rings (SSSR count). The van der Waals surface area contributed by atoms with Crippen molar-refractivity contribution in [2.75, 3.05) is 31.1 Å². The molecular weight excluding hydrogens is 328 g/mol. The molecule has 3 heterocycles. The van der Waals surface area contributed by atoms with Gasteiger partial charge in [0.05, 0.1) is 6.61 Å². The molecule has 0 bridgehead atoms. The standard InChI is InChI=1S/C20H28N4O2/c1-3-16-26-18-8-7-11-21-19(18)24(4-2)17-9-14-23(15-10-17)20(25)22-12-5-6-13-22/h5-8,11-13,17H,3-4,9-10,14-16H2,1-2H3. The van der Waals surface area contributed by atoms with E-state index in [1.165, 1.54) is 0 Å². The van der Waals surface area contributed by atoms with Gasteiger partial charge in [0.1, 0.15) is 0 Å². The molecule has 1 amide bonds. The minimum absolute atomic E-state index is 0.0568. The van der Waals surface area contributed by atoms with Crippen LogP contribution in [0.4, 0.5) is 10.6 Å². The van der Waals surface area contributed by atoms with Gasteiger partial charge in [-0.2, -0.15) is 0 Å². The maximum absolute atomic E-state index is 12.5. The highest BCUT2D eigenvalue weighted by molar-refractivity contribution is 5.77. The molecule has 0 aromatic carbocycles. The van der Waals surface area contributed by atoms with Gasteiger partial charge in [0.15, 0.2) is 11.6 Å². The number of carbonyl (C=O) groups is 1. The van der Waals surface area contributed by atoms with E-state index in [1.807, 2.05) is 35.4 Å². The summed E-state index contributed by atoms with van der Waals surface area (Å²) in [5, 5.41) is 0. The monoisotopic (exact) mass is 356 g/mol. The molecule has 6 heteroatoms. The van der Waals surface area contributed by atoms with Gasteiger partial charge in [-0.1, -0.05) is 6.92 Å². The second-order valence-corrected chi connectivity index (χ2v) is 6.55. The minimum atomic E-state index is 0.0568. The van der Waals surface area contributed by atoms with Gasteiger partial charge in [0, 0.05) is 44.3 Å². The SMILES string of the molecule is CCCOc1cccnc1N(CC)C1CCN(C(=O)n2cccc2)CC1. The third kappa shape index (κ3) is 4.00. The van der Waals surface area contributed by atoms with Crippen LogP contribution in [0.2, 0.25) is 0 Å². The Labute approximate surface area is 155 Å². The number of pyridine rings is 1. The predicted octanol–water partition coefficient (Wildman–Crippen LogP) is 3.63. The maximum Gasteiger partial charge on any atom is 0.328 e. The summed E-state index contributed by atoms with van der Waals surface area (Å²) in [5.41, 5.74) is 0. The summed E-state index contributed by atoms with van der Waals surface area (Å²) in [5.74, 6) is 1.76. The number of rotatable bonds is 6. The number of hydrogen-bond acceptors (Lipinski definition) is 4. The first-order valence-electron chi connectivity index (χ1n) is 9.51. The van der Waals surface area contributed by atoms with Crippen LogP contribution in [-0.2, 0) is 0 Å². The van der Waals surface area contributed by atoms with Crippen LogP contribution in [0.1, 0.15) is 33.1 Å². The Balaban J connectivity index is 1.66. The Bertz CT molecular complexity index is 694. The van der Waals surface area contributed by atoms with Gasteiger partial charge in [-0.3, -0.25) is 4.57 Å². The third-order valence-electron chi connectivity index (χ3n) is 4.83. The summed E-state index contributed by atoms with van der Waals surface area (Å²) in [7, 11) is 0. The molecule has 0 N–H and O–H groups in total. The lowest BCUT2D eigenvalue weighted by Gasteiger charge is -2.39. The molecule has 1 aliphatic heterocycles. The number of amides is 1. The van der Waals surface area contributed by atoms with Gasteiger partial charge in [-0.15, -0.1) is 0 Å². The maximum atomic E-state index is 12.5. The van der Waals surface area contributed by atoms with E-state index in [-0.39, 0.29) is 6.03 Å². The van der Waals surface area contributed by atoms with Crippen molar-refractivity contribution < 1.29 is 9.53 Å². The number of nitrogens with zero attached hydrogens (tertiary/aromatic N) is 4. The Hall–Kier alpha value is -2.50. The number of carbonyl (C=O) groups excluding carboxylic acids is 1. The van der Waals surface area contributed by atoms with Crippen molar-refractivity contribution in [1.82, 2.24) is 14.5 Å². The van der Waals surface area contributed by atoms with Gasteiger partial charge >= 0.3 is 6.03 Å². The number of hydrogen-bond donors (Lipinski definition) is 0. The summed E-state index contributed by atoms with van der Waals surface area (Å²) in [4.78, 5) is 21.3. The van der Waals surface area contributed by atoms with Crippen molar-refractivity contribution in [1.29, 1.82) is 0 Å². The lowest BCUT2D eigenvalue weighted by molar-refractivity contribution is 0.182. The normalized spacial score (nSPS) is 15.1. The summed E-state index contributed by atoms with van der Waals surface area (Å²) in [6.45, 7) is 7.34. The minimum Gasteiger partial charge on any atom is -0.490 e. The molecule has 0 radical (unpaired) electrons. The smallest absolute Gasteiger partial charge is 0.328 e. The number of piperidine rings is 1. The third-order valence-corrected chi connectivity index (χ3v) is 4.83. The fourth-order valence-electron chi connectivity index (χ4n) is 3.50. The van der Waals surface area contributed by atoms with Crippen LogP contribution in [0, 0.1) is 0 Å². The van der Waals surface area contributed by atoms with Crippen LogP contribution in [0.3, 0.4) is 0 Å². The molecule has 2 aromatic rings. The average Bonchev–Trinajstić information content (AvgIpc) is 3.22. The van der Waals surface area contributed by atoms with Crippen LogP contribution in [-0.4, -0.2) is 52.8 Å². The first-order valence-corrected chi connectivity index (χ1v) is 9.51. The Morgan fingerprint density at radius 3 is 2.62 bits per heavy atom. The van der Waals surface area contributed by atoms with Crippen LogP contribution in [0.5, 0.6) is 5.75 Å². The fraction of sp³-hybridized carbons (Fsp3) is 0.500. The Kier molecular flexibility index (Phi) is 6.15. The second-order valence-electron chi connectivity index (χ2n) is 6.55. The molecular formula is C20H28N4O2. The zero-order valence-corrected chi connectivity index (χ0v) is 15.7. The van der Waals surface area contributed by atoms with Crippen molar-refractivity contribution in [2.24, 2.45) is 0 Å². The van der Waals surface area contributed by atoms with Gasteiger partial charge in [-0.05, 0) is 50.5 Å². The van der Waals surface area contributed by atoms with Gasteiger partial charge in [0.2, 0.25) is 0 Å². The van der Waals surface area contributed by atoms with Crippen LogP contribution in [0.25, 0.3) is 0 Å².